The van der Waals surface area contributed by atoms with E-state index in [-0.39, 0.29) is 5.75 Å². The Labute approximate surface area is 126 Å². The van der Waals surface area contributed by atoms with E-state index in [4.69, 9.17) is 5.73 Å². The van der Waals surface area contributed by atoms with Crippen LogP contribution in [0.4, 0.5) is 5.69 Å². The molecule has 0 amide bonds. The number of aryl methyl sites for hydroxylation is 1. The van der Waals surface area contributed by atoms with E-state index >= 15 is 0 Å². The monoisotopic (exact) mass is 304 g/mol. The number of anilines is 1. The zero-order chi connectivity index (χ0) is 15.3. The van der Waals surface area contributed by atoms with Crippen LogP contribution < -0.4 is 10.0 Å². The molecule has 0 aliphatic carbocycles. The molecule has 4 nitrogen and oxygen atoms in total. The van der Waals surface area contributed by atoms with E-state index in [9.17, 15) is 8.42 Å². The number of sulfonamides is 1. The maximum Gasteiger partial charge on any atom is 0.235 e. The van der Waals surface area contributed by atoms with Crippen molar-refractivity contribution in [3.8, 4) is 0 Å². The summed E-state index contributed by atoms with van der Waals surface area (Å²) in [6.45, 7) is 0.395. The van der Waals surface area contributed by atoms with E-state index in [2.05, 4.69) is 0 Å². The smallest absolute Gasteiger partial charge is 0.235 e. The average molecular weight is 304 g/mol. The van der Waals surface area contributed by atoms with Gasteiger partial charge in [0, 0.05) is 13.6 Å². The highest BCUT2D eigenvalue weighted by molar-refractivity contribution is 7.92. The molecular formula is C16H20N2O2S. The van der Waals surface area contributed by atoms with Crippen molar-refractivity contribution in [1.29, 1.82) is 0 Å². The van der Waals surface area contributed by atoms with Gasteiger partial charge in [-0.05, 0) is 29.7 Å². The van der Waals surface area contributed by atoms with Crippen LogP contribution in [0.2, 0.25) is 0 Å². The molecule has 2 N–H and O–H groups in total. The minimum Gasteiger partial charge on any atom is -0.326 e. The highest BCUT2D eigenvalue weighted by atomic mass is 32.2. The number of nitrogens with two attached hydrogens (primary N) is 1. The molecule has 0 aliphatic heterocycles. The highest BCUT2D eigenvalue weighted by Gasteiger charge is 2.18. The molecule has 2 aromatic rings. The molecule has 5 heteroatoms. The molecule has 0 fully saturated rings. The number of hydrogen-bond acceptors (Lipinski definition) is 3. The summed E-state index contributed by atoms with van der Waals surface area (Å²) < 4.78 is 26.1. The van der Waals surface area contributed by atoms with E-state index < -0.39 is 10.0 Å². The van der Waals surface area contributed by atoms with Gasteiger partial charge in [-0.25, -0.2) is 8.42 Å². The van der Waals surface area contributed by atoms with Gasteiger partial charge < -0.3 is 5.73 Å². The first-order valence-corrected chi connectivity index (χ1v) is 8.43. The quantitative estimate of drug-likeness (QED) is 0.889. The normalized spacial score (nSPS) is 11.3. The second-order valence-corrected chi connectivity index (χ2v) is 7.01. The van der Waals surface area contributed by atoms with Crippen molar-refractivity contribution in [1.82, 2.24) is 0 Å². The summed E-state index contributed by atoms with van der Waals surface area (Å²) in [6.07, 6.45) is 0.504. The second-order valence-electron chi connectivity index (χ2n) is 4.89. The van der Waals surface area contributed by atoms with Crippen LogP contribution in [0.1, 0.15) is 11.1 Å². The Balaban J connectivity index is 2.11. The Morgan fingerprint density at radius 2 is 1.67 bits per heavy atom. The van der Waals surface area contributed by atoms with Gasteiger partial charge in [-0.1, -0.05) is 42.5 Å². The molecule has 112 valence electrons. The van der Waals surface area contributed by atoms with Crippen LogP contribution in [-0.2, 0) is 23.0 Å². The van der Waals surface area contributed by atoms with Crippen molar-refractivity contribution < 1.29 is 8.42 Å². The van der Waals surface area contributed by atoms with Crippen LogP contribution in [0.25, 0.3) is 0 Å². The third kappa shape index (κ3) is 4.06. The van der Waals surface area contributed by atoms with Gasteiger partial charge >= 0.3 is 0 Å². The number of rotatable bonds is 6. The lowest BCUT2D eigenvalue weighted by Gasteiger charge is -2.20. The Bertz CT molecular complexity index is 684. The van der Waals surface area contributed by atoms with Crippen molar-refractivity contribution in [3.05, 3.63) is 65.7 Å². The lowest BCUT2D eigenvalue weighted by Crippen LogP contribution is -2.29. The molecule has 0 bridgehead atoms. The molecule has 0 saturated carbocycles. The molecular weight excluding hydrogens is 284 g/mol. The van der Waals surface area contributed by atoms with Crippen LogP contribution in [0.3, 0.4) is 0 Å². The molecule has 2 aromatic carbocycles. The number of hydrogen-bond donors (Lipinski definition) is 1. The van der Waals surface area contributed by atoms with Gasteiger partial charge in [0.05, 0.1) is 11.4 Å². The molecule has 21 heavy (non-hydrogen) atoms. The van der Waals surface area contributed by atoms with E-state index in [0.29, 0.717) is 18.7 Å². The van der Waals surface area contributed by atoms with Crippen LogP contribution in [0.5, 0.6) is 0 Å². The number of nitrogens with zero attached hydrogens (tertiary/aromatic N) is 1. The minimum absolute atomic E-state index is 0.0837. The Hall–Kier alpha value is -1.85. The van der Waals surface area contributed by atoms with Gasteiger partial charge in [-0.3, -0.25) is 4.31 Å². The maximum absolute atomic E-state index is 12.4. The van der Waals surface area contributed by atoms with Gasteiger partial charge in [0.25, 0.3) is 0 Å². The van der Waals surface area contributed by atoms with Crippen molar-refractivity contribution in [3.63, 3.8) is 0 Å². The molecule has 0 saturated heterocycles. The van der Waals surface area contributed by atoms with E-state index in [0.717, 1.165) is 11.1 Å². The van der Waals surface area contributed by atoms with E-state index in [1.807, 2.05) is 42.5 Å². The second kappa shape index (κ2) is 6.74. The van der Waals surface area contributed by atoms with E-state index in [1.54, 1.807) is 19.2 Å². The fraction of sp³-hybridized carbons (Fsp3) is 0.250. The minimum atomic E-state index is -3.34. The zero-order valence-corrected chi connectivity index (χ0v) is 12.9. The third-order valence-electron chi connectivity index (χ3n) is 3.42. The summed E-state index contributed by atoms with van der Waals surface area (Å²) in [5.41, 5.74) is 8.17. The Morgan fingerprint density at radius 3 is 2.33 bits per heavy atom. The SMILES string of the molecule is CN(c1cccc(CN)c1)S(=O)(=O)CCc1ccccc1. The summed E-state index contributed by atoms with van der Waals surface area (Å²) in [4.78, 5) is 0. The van der Waals surface area contributed by atoms with Gasteiger partial charge in [0.2, 0.25) is 10.0 Å². The van der Waals surface area contributed by atoms with Crippen molar-refractivity contribution >= 4 is 15.7 Å². The summed E-state index contributed by atoms with van der Waals surface area (Å²) in [5, 5.41) is 0. The van der Waals surface area contributed by atoms with Crippen LogP contribution >= 0.6 is 0 Å². The van der Waals surface area contributed by atoms with Gasteiger partial charge in [0.1, 0.15) is 0 Å². The first-order chi connectivity index (χ1) is 10.0. The van der Waals surface area contributed by atoms with Gasteiger partial charge in [-0.2, -0.15) is 0 Å². The number of benzene rings is 2. The lowest BCUT2D eigenvalue weighted by atomic mass is 10.2. The summed E-state index contributed by atoms with van der Waals surface area (Å²) in [5.74, 6) is 0.0837. The summed E-state index contributed by atoms with van der Waals surface area (Å²) >= 11 is 0. The first kappa shape index (κ1) is 15.5. The maximum atomic E-state index is 12.4. The highest BCUT2D eigenvalue weighted by Crippen LogP contribution is 2.18. The predicted octanol–water partition coefficient (Wildman–Crippen LogP) is 2.15. The third-order valence-corrected chi connectivity index (χ3v) is 5.18. The Kier molecular flexibility index (Phi) is 4.98. The van der Waals surface area contributed by atoms with Crippen molar-refractivity contribution in [2.45, 2.75) is 13.0 Å². The van der Waals surface area contributed by atoms with Crippen molar-refractivity contribution in [2.75, 3.05) is 17.1 Å². The lowest BCUT2D eigenvalue weighted by molar-refractivity contribution is 0.593. The molecule has 0 aliphatic rings. The Morgan fingerprint density at radius 1 is 1.00 bits per heavy atom. The predicted molar refractivity (Wildman–Crippen MR) is 86.7 cm³/mol. The van der Waals surface area contributed by atoms with Crippen LogP contribution in [0.15, 0.2) is 54.6 Å². The first-order valence-electron chi connectivity index (χ1n) is 6.82. The fourth-order valence-corrected chi connectivity index (χ4v) is 3.27. The summed E-state index contributed by atoms with van der Waals surface area (Å²) in [6, 6.07) is 16.9. The molecule has 0 aromatic heterocycles. The topological polar surface area (TPSA) is 63.4 Å². The molecule has 0 radical (unpaired) electrons. The molecule has 0 atom stereocenters. The largest absolute Gasteiger partial charge is 0.326 e. The molecule has 2 rings (SSSR count). The average Bonchev–Trinajstić information content (AvgIpc) is 2.53. The fourth-order valence-electron chi connectivity index (χ4n) is 2.07. The van der Waals surface area contributed by atoms with Crippen LogP contribution in [-0.4, -0.2) is 21.2 Å². The van der Waals surface area contributed by atoms with Gasteiger partial charge in [0.15, 0.2) is 0 Å². The summed E-state index contributed by atoms with van der Waals surface area (Å²) in [7, 11) is -1.76. The molecule has 0 unspecified atom stereocenters. The van der Waals surface area contributed by atoms with E-state index in [1.165, 1.54) is 4.31 Å². The van der Waals surface area contributed by atoms with Crippen molar-refractivity contribution in [2.24, 2.45) is 5.73 Å². The van der Waals surface area contributed by atoms with Gasteiger partial charge in [-0.15, -0.1) is 0 Å². The molecule has 0 spiro atoms. The molecule has 0 heterocycles. The standard InChI is InChI=1S/C16H20N2O2S/c1-18(16-9-5-8-15(12-16)13-17)21(19,20)11-10-14-6-3-2-4-7-14/h2-9,12H,10-11,13,17H2,1H3. The van der Waals surface area contributed by atoms with Crippen LogP contribution in [0, 0.1) is 0 Å². The zero-order valence-electron chi connectivity index (χ0n) is 12.1.